The van der Waals surface area contributed by atoms with Gasteiger partial charge in [0.2, 0.25) is 5.28 Å². The number of alkyl halides is 2. The molecule has 3 aromatic heterocycles. The number of rotatable bonds is 5. The summed E-state index contributed by atoms with van der Waals surface area (Å²) in [6.45, 7) is -2.99. The fourth-order valence-electron chi connectivity index (χ4n) is 4.10. The second kappa shape index (κ2) is 8.06. The van der Waals surface area contributed by atoms with Crippen molar-refractivity contribution in [2.24, 2.45) is 0 Å². The molecule has 0 spiro atoms. The topological polar surface area (TPSA) is 105 Å². The highest BCUT2D eigenvalue weighted by Crippen LogP contribution is 2.40. The van der Waals surface area contributed by atoms with Gasteiger partial charge in [-0.3, -0.25) is 4.79 Å². The molecule has 5 rings (SSSR count). The summed E-state index contributed by atoms with van der Waals surface area (Å²) in [6, 6.07) is 0. The van der Waals surface area contributed by atoms with Gasteiger partial charge in [0.15, 0.2) is 11.6 Å². The van der Waals surface area contributed by atoms with Crippen molar-refractivity contribution in [3.05, 3.63) is 51.4 Å². The Balaban J connectivity index is 1.55. The minimum absolute atomic E-state index is 0.00168. The number of halogens is 4. The van der Waals surface area contributed by atoms with Crippen molar-refractivity contribution in [3.8, 4) is 11.3 Å². The highest BCUT2D eigenvalue weighted by molar-refractivity contribution is 6.28. The van der Waals surface area contributed by atoms with Crippen molar-refractivity contribution in [1.29, 1.82) is 0 Å². The Labute approximate surface area is 184 Å². The summed E-state index contributed by atoms with van der Waals surface area (Å²) >= 11 is 5.83. The maximum atomic E-state index is 15.7. The summed E-state index contributed by atoms with van der Waals surface area (Å²) in [5, 5.41) is 5.38. The van der Waals surface area contributed by atoms with Crippen LogP contribution in [0.2, 0.25) is 5.28 Å². The van der Waals surface area contributed by atoms with Crippen LogP contribution in [0, 0.1) is 5.82 Å². The largest absolute Gasteiger partial charge is 0.357 e. The number of fused-ring (bicyclic) bond motifs is 5. The summed E-state index contributed by atoms with van der Waals surface area (Å²) in [4.78, 5) is 27.4. The Hall–Kier alpha value is -3.18. The molecule has 3 aromatic rings. The van der Waals surface area contributed by atoms with Crippen molar-refractivity contribution < 1.29 is 22.7 Å². The zero-order valence-electron chi connectivity index (χ0n) is 16.4. The van der Waals surface area contributed by atoms with E-state index in [1.165, 1.54) is 6.20 Å². The molecule has 0 fully saturated rings. The molecular formula is C20H16ClF3N6O2. The van der Waals surface area contributed by atoms with Gasteiger partial charge in [-0.25, -0.2) is 19.3 Å². The summed E-state index contributed by atoms with van der Waals surface area (Å²) in [5.41, 5.74) is 3.86. The zero-order valence-corrected chi connectivity index (χ0v) is 17.2. The standard InChI is InChI=1S/C20H16ClF3N6O2/c21-19-27-6-9(7-32-20(23)24)16(30-19)29-17-14(22)12-8(5-26-17)1-2-10-13-11(28-15(10)12)3-4-25-18(13)31/h5-6,20,28H,1-4,7H2,(H,25,31)(H,26,27,29,30). The number of aromatic amines is 1. The molecule has 0 unspecified atom stereocenters. The van der Waals surface area contributed by atoms with Gasteiger partial charge < -0.3 is 20.4 Å². The van der Waals surface area contributed by atoms with Gasteiger partial charge in [0, 0.05) is 42.2 Å². The van der Waals surface area contributed by atoms with Gasteiger partial charge in [-0.1, -0.05) is 0 Å². The number of pyridine rings is 1. The fraction of sp³-hybridized carbons (Fsp3) is 0.300. The number of ether oxygens (including phenoxy) is 1. The predicted molar refractivity (Wildman–Crippen MR) is 109 cm³/mol. The lowest BCUT2D eigenvalue weighted by atomic mass is 9.88. The number of carbonyl (C=O) groups is 1. The predicted octanol–water partition coefficient (Wildman–Crippen LogP) is 3.53. The van der Waals surface area contributed by atoms with Crippen molar-refractivity contribution in [2.45, 2.75) is 32.5 Å². The number of hydrogen-bond acceptors (Lipinski definition) is 6. The fourth-order valence-corrected chi connectivity index (χ4v) is 4.24. The lowest BCUT2D eigenvalue weighted by molar-refractivity contribution is -0.137. The Bertz CT molecular complexity index is 1230. The molecule has 0 saturated carbocycles. The molecule has 12 heteroatoms. The number of anilines is 2. The van der Waals surface area contributed by atoms with Crippen molar-refractivity contribution >= 4 is 29.1 Å². The number of aryl methyl sites for hydroxylation is 1. The molecule has 32 heavy (non-hydrogen) atoms. The molecule has 1 aliphatic heterocycles. The van der Waals surface area contributed by atoms with E-state index in [2.05, 4.69) is 35.3 Å². The Morgan fingerprint density at radius 2 is 2.00 bits per heavy atom. The van der Waals surface area contributed by atoms with Crippen LogP contribution in [0.25, 0.3) is 11.3 Å². The van der Waals surface area contributed by atoms with Gasteiger partial charge in [-0.15, -0.1) is 0 Å². The smallest absolute Gasteiger partial charge is 0.345 e. The third-order valence-electron chi connectivity index (χ3n) is 5.50. The molecule has 0 saturated heterocycles. The molecule has 0 bridgehead atoms. The first kappa shape index (κ1) is 20.7. The summed E-state index contributed by atoms with van der Waals surface area (Å²) in [7, 11) is 0. The van der Waals surface area contributed by atoms with E-state index in [0.717, 1.165) is 11.3 Å². The molecule has 0 aromatic carbocycles. The molecule has 166 valence electrons. The second-order valence-electron chi connectivity index (χ2n) is 7.37. The molecule has 0 atom stereocenters. The SMILES string of the molecule is O=C1NCCc2[nH]c3c(c21)CCc1cnc(Nc2nc(Cl)ncc2COC(F)F)c(F)c1-3. The maximum absolute atomic E-state index is 15.7. The van der Waals surface area contributed by atoms with E-state index < -0.39 is 19.0 Å². The normalized spacial score (nSPS) is 14.6. The lowest BCUT2D eigenvalue weighted by Crippen LogP contribution is -2.32. The number of nitrogens with zero attached hydrogens (tertiary/aromatic N) is 3. The second-order valence-corrected chi connectivity index (χ2v) is 7.71. The molecule has 2 aliphatic rings. The van der Waals surface area contributed by atoms with Crippen molar-refractivity contribution in [2.75, 3.05) is 11.9 Å². The maximum Gasteiger partial charge on any atom is 0.345 e. The van der Waals surface area contributed by atoms with Crippen molar-refractivity contribution in [1.82, 2.24) is 25.3 Å². The lowest BCUT2D eigenvalue weighted by Gasteiger charge is -2.20. The first-order valence-electron chi connectivity index (χ1n) is 9.80. The third kappa shape index (κ3) is 3.56. The van der Waals surface area contributed by atoms with Gasteiger partial charge in [0.05, 0.1) is 17.9 Å². The van der Waals surface area contributed by atoms with Gasteiger partial charge in [0.25, 0.3) is 5.91 Å². The highest BCUT2D eigenvalue weighted by Gasteiger charge is 2.32. The Kier molecular flexibility index (Phi) is 5.22. The number of hydrogen-bond donors (Lipinski definition) is 3. The number of amides is 1. The summed E-state index contributed by atoms with van der Waals surface area (Å²) < 4.78 is 44.9. The number of carbonyl (C=O) groups excluding carboxylic acids is 1. The van der Waals surface area contributed by atoms with Crippen LogP contribution in [0.15, 0.2) is 12.4 Å². The minimum atomic E-state index is -2.99. The highest BCUT2D eigenvalue weighted by atomic mass is 35.5. The van der Waals surface area contributed by atoms with Gasteiger partial charge in [-0.2, -0.15) is 8.78 Å². The quantitative estimate of drug-likeness (QED) is 0.499. The van der Waals surface area contributed by atoms with Gasteiger partial charge in [0.1, 0.15) is 5.82 Å². The van der Waals surface area contributed by atoms with E-state index >= 15 is 4.39 Å². The van der Waals surface area contributed by atoms with Crippen LogP contribution in [-0.4, -0.2) is 39.0 Å². The van der Waals surface area contributed by atoms with Crippen LogP contribution in [-0.2, 0) is 30.6 Å². The average molecular weight is 465 g/mol. The van der Waals surface area contributed by atoms with E-state index in [4.69, 9.17) is 11.6 Å². The zero-order chi connectivity index (χ0) is 22.4. The minimum Gasteiger partial charge on any atom is -0.357 e. The number of H-pyrrole nitrogens is 1. The monoisotopic (exact) mass is 464 g/mol. The average Bonchev–Trinajstić information content (AvgIpc) is 3.14. The van der Waals surface area contributed by atoms with Crippen molar-refractivity contribution in [3.63, 3.8) is 0 Å². The number of nitrogens with one attached hydrogen (secondary N) is 3. The summed E-state index contributed by atoms with van der Waals surface area (Å²) in [5.74, 6) is -0.989. The molecular weight excluding hydrogens is 449 g/mol. The van der Waals surface area contributed by atoms with E-state index in [-0.39, 0.29) is 28.4 Å². The number of aromatic nitrogens is 4. The molecule has 8 nitrogen and oxygen atoms in total. The summed E-state index contributed by atoms with van der Waals surface area (Å²) in [6.07, 6.45) is 4.50. The van der Waals surface area contributed by atoms with Crippen LogP contribution >= 0.6 is 11.6 Å². The van der Waals surface area contributed by atoms with E-state index in [0.29, 0.717) is 48.2 Å². The van der Waals surface area contributed by atoms with Crippen LogP contribution in [0.4, 0.5) is 24.8 Å². The van der Waals surface area contributed by atoms with Crippen LogP contribution in [0.3, 0.4) is 0 Å². The van der Waals surface area contributed by atoms with E-state index in [9.17, 15) is 13.6 Å². The van der Waals surface area contributed by atoms with E-state index in [1.807, 2.05) is 0 Å². The van der Waals surface area contributed by atoms with E-state index in [1.54, 1.807) is 6.20 Å². The molecule has 1 amide bonds. The molecule has 0 radical (unpaired) electrons. The van der Waals surface area contributed by atoms with Crippen LogP contribution in [0.5, 0.6) is 0 Å². The van der Waals surface area contributed by atoms with Crippen LogP contribution in [0.1, 0.15) is 32.7 Å². The molecule has 3 N–H and O–H groups in total. The first-order valence-corrected chi connectivity index (χ1v) is 10.2. The van der Waals surface area contributed by atoms with Gasteiger partial charge in [-0.05, 0) is 35.6 Å². The third-order valence-corrected chi connectivity index (χ3v) is 5.68. The molecule has 4 heterocycles. The molecule has 1 aliphatic carbocycles. The van der Waals surface area contributed by atoms with Crippen LogP contribution < -0.4 is 10.6 Å². The first-order chi connectivity index (χ1) is 15.4. The van der Waals surface area contributed by atoms with Gasteiger partial charge >= 0.3 is 6.61 Å². The Morgan fingerprint density at radius 1 is 1.16 bits per heavy atom. The Morgan fingerprint density at radius 3 is 2.81 bits per heavy atom.